The smallest absolute Gasteiger partial charge is 0.225 e. The standard InChI is InChI=1S/C18H28N2O2/c19-17-10-2-1-3-11(17)7-12(6-10)18(21)20-8-13-14(9-20)16-5-4-15(13)22-16/h10-17H,1-9,19H2. The van der Waals surface area contributed by atoms with Gasteiger partial charge < -0.3 is 15.4 Å². The Morgan fingerprint density at radius 2 is 1.55 bits per heavy atom. The molecule has 3 aliphatic heterocycles. The summed E-state index contributed by atoms with van der Waals surface area (Å²) >= 11 is 0. The molecule has 4 heteroatoms. The molecule has 22 heavy (non-hydrogen) atoms. The Balaban J connectivity index is 1.28. The Labute approximate surface area is 132 Å². The summed E-state index contributed by atoms with van der Waals surface area (Å²) in [5.41, 5.74) is 6.38. The van der Waals surface area contributed by atoms with E-state index in [4.69, 9.17) is 10.5 Å². The molecule has 6 unspecified atom stereocenters. The van der Waals surface area contributed by atoms with Crippen LogP contribution in [0.3, 0.4) is 0 Å². The molecule has 0 aromatic heterocycles. The van der Waals surface area contributed by atoms with Gasteiger partial charge in [-0.3, -0.25) is 4.79 Å². The maximum absolute atomic E-state index is 13.0. The van der Waals surface area contributed by atoms with Crippen molar-refractivity contribution < 1.29 is 9.53 Å². The SMILES string of the molecule is NC1C2CCCC1CC(C(=O)N1CC3C4CCC(O4)C3C1)C2. The number of amides is 1. The molecule has 3 saturated heterocycles. The zero-order chi connectivity index (χ0) is 14.8. The molecule has 1 amide bonds. The van der Waals surface area contributed by atoms with Gasteiger partial charge >= 0.3 is 0 Å². The van der Waals surface area contributed by atoms with E-state index in [2.05, 4.69) is 4.90 Å². The molecule has 6 atom stereocenters. The van der Waals surface area contributed by atoms with Crippen molar-refractivity contribution in [3.8, 4) is 0 Å². The van der Waals surface area contributed by atoms with Gasteiger partial charge in [-0.1, -0.05) is 6.42 Å². The average molecular weight is 304 g/mol. The van der Waals surface area contributed by atoms with Crippen LogP contribution in [0.15, 0.2) is 0 Å². The van der Waals surface area contributed by atoms with Crippen LogP contribution in [0, 0.1) is 29.6 Å². The number of ether oxygens (including phenoxy) is 1. The summed E-state index contributed by atoms with van der Waals surface area (Å²) in [6.07, 6.45) is 9.23. The summed E-state index contributed by atoms with van der Waals surface area (Å²) in [4.78, 5) is 15.2. The molecular formula is C18H28N2O2. The van der Waals surface area contributed by atoms with E-state index >= 15 is 0 Å². The van der Waals surface area contributed by atoms with E-state index in [9.17, 15) is 4.79 Å². The summed E-state index contributed by atoms with van der Waals surface area (Å²) in [6, 6.07) is 0.361. The predicted octanol–water partition coefficient (Wildman–Crippen LogP) is 1.78. The van der Waals surface area contributed by atoms with Crippen LogP contribution in [0.1, 0.15) is 44.9 Å². The summed E-state index contributed by atoms with van der Waals surface area (Å²) in [7, 11) is 0. The number of hydrogen-bond donors (Lipinski definition) is 1. The van der Waals surface area contributed by atoms with E-state index in [0.29, 0.717) is 47.8 Å². The van der Waals surface area contributed by atoms with Crippen LogP contribution in [0.4, 0.5) is 0 Å². The van der Waals surface area contributed by atoms with Crippen molar-refractivity contribution in [2.24, 2.45) is 35.3 Å². The third-order valence-electron chi connectivity index (χ3n) is 7.53. The lowest BCUT2D eigenvalue weighted by atomic mass is 9.65. The fraction of sp³-hybridized carbons (Fsp3) is 0.944. The number of fused-ring (bicyclic) bond motifs is 7. The number of hydrogen-bond acceptors (Lipinski definition) is 3. The fourth-order valence-electron chi connectivity index (χ4n) is 6.39. The van der Waals surface area contributed by atoms with Crippen molar-refractivity contribution >= 4 is 5.91 Å². The third kappa shape index (κ3) is 1.92. The molecule has 4 nitrogen and oxygen atoms in total. The first-order valence-electron chi connectivity index (χ1n) is 9.40. The van der Waals surface area contributed by atoms with Gasteiger partial charge in [0.2, 0.25) is 5.91 Å². The van der Waals surface area contributed by atoms with Gasteiger partial charge in [0.05, 0.1) is 12.2 Å². The molecule has 5 fully saturated rings. The van der Waals surface area contributed by atoms with Crippen molar-refractivity contribution in [3.63, 3.8) is 0 Å². The Morgan fingerprint density at radius 1 is 0.955 bits per heavy atom. The van der Waals surface area contributed by atoms with Crippen LogP contribution in [-0.4, -0.2) is 42.1 Å². The second-order valence-electron chi connectivity index (χ2n) is 8.56. The zero-order valence-electron chi connectivity index (χ0n) is 13.3. The van der Waals surface area contributed by atoms with Crippen molar-refractivity contribution in [2.75, 3.05) is 13.1 Å². The van der Waals surface area contributed by atoms with E-state index < -0.39 is 0 Å². The van der Waals surface area contributed by atoms with Gasteiger partial charge in [-0.05, 0) is 50.4 Å². The largest absolute Gasteiger partial charge is 0.374 e. The lowest BCUT2D eigenvalue weighted by Crippen LogP contribution is -2.49. The van der Waals surface area contributed by atoms with Crippen LogP contribution in [-0.2, 0) is 9.53 Å². The minimum absolute atomic E-state index is 0.257. The Hall–Kier alpha value is -0.610. The molecule has 122 valence electrons. The first kappa shape index (κ1) is 13.8. The summed E-state index contributed by atoms with van der Waals surface area (Å²) in [6.45, 7) is 1.92. The van der Waals surface area contributed by atoms with Gasteiger partial charge in [0.15, 0.2) is 0 Å². The second kappa shape index (κ2) is 4.94. The molecule has 5 aliphatic rings. The Kier molecular flexibility index (Phi) is 3.10. The molecule has 0 radical (unpaired) electrons. The molecule has 2 saturated carbocycles. The maximum atomic E-state index is 13.0. The first-order valence-corrected chi connectivity index (χ1v) is 9.40. The quantitative estimate of drug-likeness (QED) is 0.803. The zero-order valence-corrected chi connectivity index (χ0v) is 13.3. The molecule has 0 aromatic carbocycles. The van der Waals surface area contributed by atoms with Crippen LogP contribution in [0.25, 0.3) is 0 Å². The van der Waals surface area contributed by atoms with Crippen LogP contribution in [0.5, 0.6) is 0 Å². The molecule has 2 aliphatic carbocycles. The third-order valence-corrected chi connectivity index (χ3v) is 7.53. The molecule has 3 heterocycles. The summed E-state index contributed by atoms with van der Waals surface area (Å²) in [5.74, 6) is 3.16. The number of nitrogens with zero attached hydrogens (tertiary/aromatic N) is 1. The molecule has 4 bridgehead atoms. The van der Waals surface area contributed by atoms with Crippen LogP contribution in [0.2, 0.25) is 0 Å². The Morgan fingerprint density at radius 3 is 2.14 bits per heavy atom. The number of nitrogens with two attached hydrogens (primary N) is 1. The van der Waals surface area contributed by atoms with Crippen molar-refractivity contribution in [1.29, 1.82) is 0 Å². The molecule has 0 aromatic rings. The fourth-order valence-corrected chi connectivity index (χ4v) is 6.39. The lowest BCUT2D eigenvalue weighted by molar-refractivity contribution is -0.138. The van der Waals surface area contributed by atoms with Gasteiger partial charge in [0, 0.05) is 36.9 Å². The molecule has 0 spiro atoms. The van der Waals surface area contributed by atoms with Gasteiger partial charge in [-0.25, -0.2) is 0 Å². The second-order valence-corrected chi connectivity index (χ2v) is 8.56. The van der Waals surface area contributed by atoms with Gasteiger partial charge in [-0.2, -0.15) is 0 Å². The predicted molar refractivity (Wildman–Crippen MR) is 83.0 cm³/mol. The normalized spacial score (nSPS) is 52.9. The average Bonchev–Trinajstić information content (AvgIpc) is 3.19. The topological polar surface area (TPSA) is 55.6 Å². The van der Waals surface area contributed by atoms with Gasteiger partial charge in [-0.15, -0.1) is 0 Å². The molecule has 2 N–H and O–H groups in total. The van der Waals surface area contributed by atoms with Crippen molar-refractivity contribution in [2.45, 2.75) is 63.2 Å². The van der Waals surface area contributed by atoms with E-state index in [-0.39, 0.29) is 5.92 Å². The highest BCUT2D eigenvalue weighted by molar-refractivity contribution is 5.79. The highest BCUT2D eigenvalue weighted by Crippen LogP contribution is 2.48. The maximum Gasteiger partial charge on any atom is 0.225 e. The van der Waals surface area contributed by atoms with E-state index in [1.807, 2.05) is 0 Å². The minimum atomic E-state index is 0.257. The van der Waals surface area contributed by atoms with Crippen molar-refractivity contribution in [1.82, 2.24) is 4.90 Å². The summed E-state index contributed by atoms with van der Waals surface area (Å²) in [5, 5.41) is 0. The van der Waals surface area contributed by atoms with E-state index in [1.54, 1.807) is 0 Å². The number of carbonyl (C=O) groups is 1. The minimum Gasteiger partial charge on any atom is -0.374 e. The summed E-state index contributed by atoms with van der Waals surface area (Å²) < 4.78 is 6.03. The molecular weight excluding hydrogens is 276 g/mol. The lowest BCUT2D eigenvalue weighted by Gasteiger charge is -2.44. The van der Waals surface area contributed by atoms with Crippen LogP contribution >= 0.6 is 0 Å². The monoisotopic (exact) mass is 304 g/mol. The molecule has 5 rings (SSSR count). The number of rotatable bonds is 1. The highest BCUT2D eigenvalue weighted by Gasteiger charge is 2.54. The highest BCUT2D eigenvalue weighted by atomic mass is 16.5. The van der Waals surface area contributed by atoms with Gasteiger partial charge in [0.1, 0.15) is 0 Å². The van der Waals surface area contributed by atoms with E-state index in [0.717, 1.165) is 25.9 Å². The van der Waals surface area contributed by atoms with Crippen LogP contribution < -0.4 is 5.73 Å². The number of carbonyl (C=O) groups excluding carboxylic acids is 1. The van der Waals surface area contributed by atoms with Gasteiger partial charge in [0.25, 0.3) is 0 Å². The van der Waals surface area contributed by atoms with E-state index in [1.165, 1.54) is 32.1 Å². The first-order chi connectivity index (χ1) is 10.7. The Bertz CT molecular complexity index is 450. The van der Waals surface area contributed by atoms with Crippen molar-refractivity contribution in [3.05, 3.63) is 0 Å². The number of likely N-dealkylation sites (tertiary alicyclic amines) is 1.